The summed E-state index contributed by atoms with van der Waals surface area (Å²) in [6.45, 7) is 4.78. The number of allylic oxidation sites excluding steroid dienone is 4. The van der Waals surface area contributed by atoms with Crippen molar-refractivity contribution in [2.24, 2.45) is 0 Å². The largest absolute Gasteiger partial charge is 0.462 e. The van der Waals surface area contributed by atoms with Crippen LogP contribution in [-0.2, 0) is 19.6 Å². The van der Waals surface area contributed by atoms with Gasteiger partial charge in [0.2, 0.25) is 0 Å². The van der Waals surface area contributed by atoms with Gasteiger partial charge in [-0.05, 0) is 76.3 Å². The zero-order valence-corrected chi connectivity index (χ0v) is 36.7. The van der Waals surface area contributed by atoms with E-state index in [1.807, 2.05) is 0 Å². The zero-order chi connectivity index (χ0) is 40.8. The van der Waals surface area contributed by atoms with E-state index in [9.17, 15) is 22.6 Å². The van der Waals surface area contributed by atoms with Crippen molar-refractivity contribution in [1.82, 2.24) is 0 Å². The summed E-state index contributed by atoms with van der Waals surface area (Å²) in [5.41, 5.74) is -0.690. The van der Waals surface area contributed by atoms with Gasteiger partial charge in [-0.1, -0.05) is 185 Å². The van der Waals surface area contributed by atoms with Gasteiger partial charge in [0.05, 0.1) is 24.3 Å². The Hall–Kier alpha value is -2.45. The van der Waals surface area contributed by atoms with Crippen LogP contribution in [0.5, 0.6) is 0 Å². The van der Waals surface area contributed by atoms with Crippen LogP contribution in [0.2, 0.25) is 0 Å². The van der Waals surface area contributed by atoms with Crippen LogP contribution in [0.15, 0.2) is 47.4 Å². The number of benzene rings is 1. The molecule has 0 amide bonds. The highest BCUT2D eigenvalue weighted by molar-refractivity contribution is 7.86. The topological polar surface area (TPSA) is 107 Å². The summed E-state index contributed by atoms with van der Waals surface area (Å²) in [7, 11) is -4.77. The Kier molecular flexibility index (Phi) is 33.9. The first-order chi connectivity index (χ1) is 27.3. The summed E-state index contributed by atoms with van der Waals surface area (Å²) in [4.78, 5) is 25.4. The van der Waals surface area contributed by atoms with Crippen LogP contribution in [0.1, 0.15) is 240 Å². The summed E-state index contributed by atoms with van der Waals surface area (Å²) in [6.07, 6.45) is 47.7. The van der Waals surface area contributed by atoms with Crippen molar-refractivity contribution in [3.8, 4) is 0 Å². The molecular formula is C48H82O7S. The van der Waals surface area contributed by atoms with Crippen molar-refractivity contribution in [1.29, 1.82) is 0 Å². The van der Waals surface area contributed by atoms with Crippen molar-refractivity contribution >= 4 is 22.1 Å². The van der Waals surface area contributed by atoms with E-state index < -0.39 is 32.5 Å². The predicted octanol–water partition coefficient (Wildman–Crippen LogP) is 14.9. The lowest BCUT2D eigenvalue weighted by atomic mass is 10.1. The predicted molar refractivity (Wildman–Crippen MR) is 234 cm³/mol. The molecular weight excluding hydrogens is 721 g/mol. The van der Waals surface area contributed by atoms with Crippen LogP contribution in [0.3, 0.4) is 0 Å². The first kappa shape index (κ1) is 51.6. The number of rotatable bonds is 39. The number of carbonyl (C=O) groups excluding carboxylic acids is 2. The molecule has 0 bridgehead atoms. The maximum atomic E-state index is 13.1. The van der Waals surface area contributed by atoms with E-state index in [0.29, 0.717) is 12.8 Å². The van der Waals surface area contributed by atoms with E-state index in [1.54, 1.807) is 0 Å². The Morgan fingerprint density at radius 1 is 0.482 bits per heavy atom. The third kappa shape index (κ3) is 28.9. The maximum absolute atomic E-state index is 13.1. The van der Waals surface area contributed by atoms with Crippen LogP contribution in [-0.4, -0.2) is 38.1 Å². The highest BCUT2D eigenvalue weighted by Gasteiger charge is 2.28. The molecule has 0 saturated heterocycles. The van der Waals surface area contributed by atoms with Gasteiger partial charge in [0, 0.05) is 0 Å². The molecule has 1 aromatic carbocycles. The molecule has 8 heteroatoms. The second-order valence-electron chi connectivity index (χ2n) is 15.7. The average Bonchev–Trinajstić information content (AvgIpc) is 3.18. The zero-order valence-electron chi connectivity index (χ0n) is 35.9. The minimum absolute atomic E-state index is 0.0981. The minimum atomic E-state index is -4.77. The molecule has 1 aromatic rings. The quantitative estimate of drug-likeness (QED) is 0.0306. The Morgan fingerprint density at radius 2 is 0.804 bits per heavy atom. The Morgan fingerprint density at radius 3 is 1.16 bits per heavy atom. The van der Waals surface area contributed by atoms with Crippen LogP contribution in [0, 0.1) is 0 Å². The van der Waals surface area contributed by atoms with Gasteiger partial charge in [0.15, 0.2) is 0 Å². The van der Waals surface area contributed by atoms with Gasteiger partial charge in [-0.2, -0.15) is 8.42 Å². The second-order valence-corrected chi connectivity index (χ2v) is 17.1. The normalized spacial score (nSPS) is 11.9. The molecule has 56 heavy (non-hydrogen) atoms. The molecule has 0 aliphatic carbocycles. The van der Waals surface area contributed by atoms with Crippen LogP contribution in [0.4, 0.5) is 0 Å². The molecule has 0 aliphatic rings. The number of esters is 2. The van der Waals surface area contributed by atoms with Crippen molar-refractivity contribution < 1.29 is 32.0 Å². The van der Waals surface area contributed by atoms with E-state index in [1.165, 1.54) is 141 Å². The van der Waals surface area contributed by atoms with Gasteiger partial charge in [-0.15, -0.1) is 0 Å². The first-order valence-electron chi connectivity index (χ1n) is 23.1. The smallest absolute Gasteiger partial charge is 0.340 e. The summed E-state index contributed by atoms with van der Waals surface area (Å²) in [6, 6.07) is 3.75. The van der Waals surface area contributed by atoms with Gasteiger partial charge in [0.1, 0.15) is 4.90 Å². The average molecular weight is 803 g/mol. The fraction of sp³-hybridized carbons (Fsp3) is 0.750. The van der Waals surface area contributed by atoms with Gasteiger partial charge in [-0.25, -0.2) is 9.59 Å². The van der Waals surface area contributed by atoms with E-state index >= 15 is 0 Å². The van der Waals surface area contributed by atoms with Crippen molar-refractivity contribution in [3.63, 3.8) is 0 Å². The highest BCUT2D eigenvalue weighted by atomic mass is 32.2. The maximum Gasteiger partial charge on any atom is 0.340 e. The molecule has 0 radical (unpaired) electrons. The fourth-order valence-electron chi connectivity index (χ4n) is 7.01. The SMILES string of the molecule is CCCCCCCCCCC/C=C/CCCCCCCOC(=O)c1cccc(S(=O)(=O)O)c1C(=O)OCCCCCCC/C=C/CCCCCCCCCCC. The summed E-state index contributed by atoms with van der Waals surface area (Å²) in [5, 5.41) is 0. The lowest BCUT2D eigenvalue weighted by molar-refractivity contribution is 0.0446. The lowest BCUT2D eigenvalue weighted by Crippen LogP contribution is -2.19. The van der Waals surface area contributed by atoms with Crippen LogP contribution in [0.25, 0.3) is 0 Å². The van der Waals surface area contributed by atoms with Crippen molar-refractivity contribution in [2.75, 3.05) is 13.2 Å². The second kappa shape index (κ2) is 36.9. The Bertz CT molecular complexity index is 1270. The Balaban J connectivity index is 2.23. The number of hydrogen-bond acceptors (Lipinski definition) is 6. The van der Waals surface area contributed by atoms with Crippen molar-refractivity contribution in [2.45, 2.75) is 224 Å². The summed E-state index contributed by atoms with van der Waals surface area (Å²) >= 11 is 0. The van der Waals surface area contributed by atoms with E-state index in [-0.39, 0.29) is 18.8 Å². The first-order valence-corrected chi connectivity index (χ1v) is 24.5. The molecule has 0 heterocycles. The Labute approximate surface area is 344 Å². The summed E-state index contributed by atoms with van der Waals surface area (Å²) < 4.78 is 44.8. The monoisotopic (exact) mass is 803 g/mol. The molecule has 0 aromatic heterocycles. The number of carbonyl (C=O) groups is 2. The summed E-state index contributed by atoms with van der Waals surface area (Å²) in [5.74, 6) is -1.76. The molecule has 0 unspecified atom stereocenters. The third-order valence-corrected chi connectivity index (χ3v) is 11.4. The van der Waals surface area contributed by atoms with Gasteiger partial charge >= 0.3 is 11.9 Å². The molecule has 1 N–H and O–H groups in total. The number of hydrogen-bond donors (Lipinski definition) is 1. The minimum Gasteiger partial charge on any atom is -0.462 e. The lowest BCUT2D eigenvalue weighted by Gasteiger charge is -2.13. The molecule has 0 atom stereocenters. The highest BCUT2D eigenvalue weighted by Crippen LogP contribution is 2.23. The van der Waals surface area contributed by atoms with E-state index in [0.717, 1.165) is 70.3 Å². The van der Waals surface area contributed by atoms with E-state index in [2.05, 4.69) is 38.2 Å². The third-order valence-electron chi connectivity index (χ3n) is 10.5. The molecule has 0 aliphatic heterocycles. The molecule has 0 spiro atoms. The van der Waals surface area contributed by atoms with Gasteiger partial charge in [-0.3, -0.25) is 4.55 Å². The van der Waals surface area contributed by atoms with Crippen molar-refractivity contribution in [3.05, 3.63) is 53.6 Å². The fourth-order valence-corrected chi connectivity index (χ4v) is 7.71. The number of unbranched alkanes of at least 4 members (excludes halogenated alkanes) is 28. The molecule has 0 saturated carbocycles. The van der Waals surface area contributed by atoms with Gasteiger partial charge in [0.25, 0.3) is 10.1 Å². The number of ether oxygens (including phenoxy) is 2. The molecule has 1 rings (SSSR count). The molecule has 322 valence electrons. The standard InChI is InChI=1S/C48H82O7S/c1-3-5-7-9-11-13-15-17-19-21-23-25-27-29-31-33-35-37-42-54-47(49)44-40-39-41-45(56(51,52)53)46(44)48(50)55-43-38-36-34-32-30-28-26-24-22-20-18-16-14-12-10-8-6-4-2/h23-26,39-41H,3-22,27-38,42-43H2,1-2H3,(H,51,52,53)/b25-23+,26-24+. The van der Waals surface area contributed by atoms with Crippen LogP contribution >= 0.6 is 0 Å². The van der Waals surface area contributed by atoms with Crippen LogP contribution < -0.4 is 0 Å². The molecule has 7 nitrogen and oxygen atoms in total. The van der Waals surface area contributed by atoms with E-state index in [4.69, 9.17) is 9.47 Å². The van der Waals surface area contributed by atoms with Gasteiger partial charge < -0.3 is 9.47 Å². The molecule has 0 fully saturated rings.